The number of primary amides is 1. The zero-order chi connectivity index (χ0) is 24.3. The van der Waals surface area contributed by atoms with E-state index in [9.17, 15) is 20.0 Å². The molecule has 2 aromatic heterocycles. The molecule has 0 aliphatic carbocycles. The van der Waals surface area contributed by atoms with Gasteiger partial charge in [0, 0.05) is 37.0 Å². The Balaban J connectivity index is 1.54. The molecule has 11 heteroatoms. The van der Waals surface area contributed by atoms with Gasteiger partial charge in [0.1, 0.15) is 23.0 Å². The number of aromatic nitrogens is 2. The number of rotatable bonds is 8. The topological polar surface area (TPSA) is 150 Å². The van der Waals surface area contributed by atoms with Crippen molar-refractivity contribution in [3.05, 3.63) is 54.1 Å². The Labute approximate surface area is 194 Å². The molecule has 2 amide bonds. The predicted octanol–water partition coefficient (Wildman–Crippen LogP) is 2.37. The number of alkyl halides is 1. The number of hydrogen-bond acceptors (Lipinski definition) is 7. The second-order valence-corrected chi connectivity index (χ2v) is 8.22. The summed E-state index contributed by atoms with van der Waals surface area (Å²) in [5.41, 5.74) is 6.18. The summed E-state index contributed by atoms with van der Waals surface area (Å²) < 4.78 is 22.0. The molecule has 176 valence electrons. The molecule has 1 fully saturated rings. The van der Waals surface area contributed by atoms with Crippen LogP contribution in [0.25, 0.3) is 11.1 Å². The third-order valence-electron chi connectivity index (χ3n) is 6.18. The van der Waals surface area contributed by atoms with Crippen LogP contribution in [0.15, 0.2) is 47.4 Å². The quantitative estimate of drug-likeness (QED) is 0.431. The van der Waals surface area contributed by atoms with Gasteiger partial charge >= 0.3 is 0 Å². The number of halogens is 1. The average molecular weight is 466 g/mol. The van der Waals surface area contributed by atoms with E-state index in [1.807, 2.05) is 17.0 Å². The Bertz CT molecular complexity index is 1230. The zero-order valence-electron chi connectivity index (χ0n) is 18.1. The van der Waals surface area contributed by atoms with E-state index in [0.29, 0.717) is 25.1 Å². The lowest BCUT2D eigenvalue weighted by atomic mass is 9.83. The first-order valence-corrected chi connectivity index (χ1v) is 10.6. The number of nitrogens with one attached hydrogen (secondary N) is 1. The van der Waals surface area contributed by atoms with E-state index >= 15 is 4.39 Å². The summed E-state index contributed by atoms with van der Waals surface area (Å²) in [5.74, 6) is -0.811. The third kappa shape index (κ3) is 4.23. The lowest BCUT2D eigenvalue weighted by Crippen LogP contribution is -2.54. The molecule has 1 aromatic carbocycles. The van der Waals surface area contributed by atoms with Gasteiger partial charge in [0.25, 0.3) is 5.91 Å². The fraction of sp³-hybridized carbons (Fsp3) is 0.304. The predicted molar refractivity (Wildman–Crippen MR) is 119 cm³/mol. The van der Waals surface area contributed by atoms with Crippen molar-refractivity contribution in [2.24, 2.45) is 5.73 Å². The number of furan rings is 1. The van der Waals surface area contributed by atoms with E-state index in [-0.39, 0.29) is 36.5 Å². The molecule has 10 nitrogen and oxygen atoms in total. The van der Waals surface area contributed by atoms with Gasteiger partial charge in [0.2, 0.25) is 6.41 Å². The smallest absolute Gasteiger partial charge is 0.254 e. The number of aromatic hydroxyl groups is 1. The highest BCUT2D eigenvalue weighted by Gasteiger charge is 2.46. The van der Waals surface area contributed by atoms with Crippen LogP contribution in [-0.4, -0.2) is 51.4 Å². The van der Waals surface area contributed by atoms with Crippen molar-refractivity contribution in [3.8, 4) is 22.9 Å². The minimum atomic E-state index is -1.50. The third-order valence-corrected chi connectivity index (χ3v) is 6.18. The van der Waals surface area contributed by atoms with Crippen LogP contribution in [0, 0.1) is 11.3 Å². The summed E-state index contributed by atoms with van der Waals surface area (Å²) in [6.07, 6.45) is 3.25. The monoisotopic (exact) mass is 466 g/mol. The molecule has 34 heavy (non-hydrogen) atoms. The van der Waals surface area contributed by atoms with Gasteiger partial charge in [-0.3, -0.25) is 19.2 Å². The first-order chi connectivity index (χ1) is 16.4. The minimum Gasteiger partial charge on any atom is -0.507 e. The van der Waals surface area contributed by atoms with Crippen molar-refractivity contribution in [3.63, 3.8) is 0 Å². The molecule has 2 unspecified atom stereocenters. The van der Waals surface area contributed by atoms with E-state index in [1.165, 1.54) is 23.4 Å². The van der Waals surface area contributed by atoms with Gasteiger partial charge < -0.3 is 20.6 Å². The van der Waals surface area contributed by atoms with Crippen molar-refractivity contribution in [1.82, 2.24) is 14.7 Å². The van der Waals surface area contributed by atoms with E-state index in [4.69, 9.17) is 10.2 Å². The highest BCUT2D eigenvalue weighted by Crippen LogP contribution is 2.37. The average Bonchev–Trinajstić information content (AvgIpc) is 3.47. The van der Waals surface area contributed by atoms with E-state index < -0.39 is 17.6 Å². The van der Waals surface area contributed by atoms with Gasteiger partial charge in [-0.05, 0) is 24.1 Å². The number of hydrogen-bond donors (Lipinski definition) is 3. The zero-order valence-corrected chi connectivity index (χ0v) is 18.1. The first-order valence-electron chi connectivity index (χ1n) is 10.6. The summed E-state index contributed by atoms with van der Waals surface area (Å²) in [4.78, 5) is 24.5. The first kappa shape index (κ1) is 23.0. The second-order valence-electron chi connectivity index (χ2n) is 8.22. The van der Waals surface area contributed by atoms with Gasteiger partial charge in [-0.2, -0.15) is 10.4 Å². The molecular weight excluding hydrogens is 443 g/mol. The van der Waals surface area contributed by atoms with Crippen LogP contribution in [0.3, 0.4) is 0 Å². The molecule has 4 N–H and O–H groups in total. The number of nitriles is 1. The van der Waals surface area contributed by atoms with Crippen LogP contribution in [0.2, 0.25) is 0 Å². The molecule has 1 aliphatic rings. The van der Waals surface area contributed by atoms with Gasteiger partial charge in [-0.15, -0.1) is 0 Å². The van der Waals surface area contributed by atoms with Crippen molar-refractivity contribution in [2.75, 3.05) is 18.4 Å². The van der Waals surface area contributed by atoms with Crippen molar-refractivity contribution in [2.45, 2.75) is 31.1 Å². The Morgan fingerprint density at radius 2 is 2.29 bits per heavy atom. The largest absolute Gasteiger partial charge is 0.507 e. The Morgan fingerprint density at radius 3 is 2.91 bits per heavy atom. The van der Waals surface area contributed by atoms with Crippen LogP contribution < -0.4 is 11.1 Å². The maximum Gasteiger partial charge on any atom is 0.254 e. The second kappa shape index (κ2) is 9.36. The number of amides is 2. The molecule has 0 bridgehead atoms. The molecule has 1 saturated heterocycles. The van der Waals surface area contributed by atoms with Crippen molar-refractivity contribution in [1.29, 1.82) is 5.26 Å². The number of carbonyl (C=O) groups is 2. The standard InChI is InChI=1S/C23H23FN6O4/c24-20-12-29(10-15-1-2-17(19(32)9-15)16-3-8-34-13-16)7-5-23(20,4-6-25)30-11-18(21(26)33)22(28-30)27-14-31/h1-3,8-9,11,13-14,20,32H,4-5,7,10,12H2,(H2,26,33)(H,27,28,31). The Morgan fingerprint density at radius 1 is 1.47 bits per heavy atom. The maximum atomic E-state index is 15.7. The Hall–Kier alpha value is -4.17. The maximum absolute atomic E-state index is 15.7. The van der Waals surface area contributed by atoms with Crippen molar-refractivity contribution < 1.29 is 23.5 Å². The Kier molecular flexibility index (Phi) is 6.34. The van der Waals surface area contributed by atoms with Crippen LogP contribution in [0.4, 0.5) is 10.2 Å². The van der Waals surface area contributed by atoms with E-state index in [1.54, 1.807) is 18.2 Å². The molecule has 0 saturated carbocycles. The molecule has 3 aromatic rings. The number of nitrogens with two attached hydrogens (primary N) is 1. The number of phenols is 1. The van der Waals surface area contributed by atoms with Gasteiger partial charge in [0.15, 0.2) is 5.82 Å². The van der Waals surface area contributed by atoms with E-state index in [2.05, 4.69) is 10.4 Å². The number of carbonyl (C=O) groups excluding carboxylic acids is 2. The van der Waals surface area contributed by atoms with Crippen LogP contribution >= 0.6 is 0 Å². The normalized spacial score (nSPS) is 20.5. The van der Waals surface area contributed by atoms with Crippen LogP contribution in [0.5, 0.6) is 5.75 Å². The van der Waals surface area contributed by atoms with Gasteiger partial charge in [-0.25, -0.2) is 4.39 Å². The summed E-state index contributed by atoms with van der Waals surface area (Å²) >= 11 is 0. The van der Waals surface area contributed by atoms with Crippen LogP contribution in [0.1, 0.15) is 28.8 Å². The summed E-state index contributed by atoms with van der Waals surface area (Å²) in [6, 6.07) is 9.04. The molecule has 0 radical (unpaired) electrons. The lowest BCUT2D eigenvalue weighted by molar-refractivity contribution is -0.105. The molecule has 4 rings (SSSR count). The van der Waals surface area contributed by atoms with Crippen LogP contribution in [-0.2, 0) is 16.9 Å². The molecule has 0 spiro atoms. The minimum absolute atomic E-state index is 0.00807. The number of phenolic OH excluding ortho intramolecular Hbond substituents is 1. The molecular formula is C23H23FN6O4. The fourth-order valence-electron chi connectivity index (χ4n) is 4.36. The van der Waals surface area contributed by atoms with Gasteiger partial charge in [0.05, 0.1) is 25.0 Å². The highest BCUT2D eigenvalue weighted by atomic mass is 19.1. The van der Waals surface area contributed by atoms with Gasteiger partial charge in [-0.1, -0.05) is 12.1 Å². The summed E-state index contributed by atoms with van der Waals surface area (Å²) in [6.45, 7) is 0.842. The number of benzene rings is 1. The number of anilines is 1. The highest BCUT2D eigenvalue weighted by molar-refractivity contribution is 5.99. The van der Waals surface area contributed by atoms with E-state index in [0.717, 1.165) is 11.1 Å². The fourth-order valence-corrected chi connectivity index (χ4v) is 4.36. The number of likely N-dealkylation sites (tertiary alicyclic amines) is 1. The van der Waals surface area contributed by atoms with Crippen molar-refractivity contribution >= 4 is 18.1 Å². The molecule has 1 aliphatic heterocycles. The summed E-state index contributed by atoms with van der Waals surface area (Å²) in [5, 5.41) is 26.3. The SMILES string of the molecule is N#CCC1(n2cc(C(N)=O)c(NC=O)n2)CCN(Cc2ccc(-c3ccoc3)c(O)c2)CC1F. The molecule has 3 heterocycles. The number of piperidine rings is 1. The lowest BCUT2D eigenvalue weighted by Gasteiger charge is -2.43. The number of nitrogens with zero attached hydrogens (tertiary/aromatic N) is 4. The molecule has 2 atom stereocenters. The summed E-state index contributed by atoms with van der Waals surface area (Å²) in [7, 11) is 0.